The fourth-order valence-electron chi connectivity index (χ4n) is 1.80. The Morgan fingerprint density at radius 1 is 1.32 bits per heavy atom. The van der Waals surface area contributed by atoms with Crippen LogP contribution in [0.5, 0.6) is 0 Å². The number of aliphatic carboxylic acids is 1. The van der Waals surface area contributed by atoms with Crippen molar-refractivity contribution in [1.29, 1.82) is 0 Å². The predicted octanol–water partition coefficient (Wildman–Crippen LogP) is 1.99. The SMILES string of the molecule is CC(C)C(C(=O)O)S(=O)(=O)Cc1ccc(F)cc1F. The number of sulfone groups is 1. The number of carbonyl (C=O) groups is 1. The van der Waals surface area contributed by atoms with Crippen molar-refractivity contribution in [3.63, 3.8) is 0 Å². The summed E-state index contributed by atoms with van der Waals surface area (Å²) >= 11 is 0. The van der Waals surface area contributed by atoms with E-state index in [1.165, 1.54) is 13.8 Å². The van der Waals surface area contributed by atoms with E-state index in [4.69, 9.17) is 5.11 Å². The van der Waals surface area contributed by atoms with Gasteiger partial charge >= 0.3 is 5.97 Å². The van der Waals surface area contributed by atoms with Crippen molar-refractivity contribution in [2.75, 3.05) is 0 Å². The van der Waals surface area contributed by atoms with Crippen molar-refractivity contribution in [2.45, 2.75) is 24.9 Å². The van der Waals surface area contributed by atoms with E-state index in [1.54, 1.807) is 0 Å². The average molecular weight is 292 g/mol. The van der Waals surface area contributed by atoms with Crippen LogP contribution in [-0.2, 0) is 20.4 Å². The lowest BCUT2D eigenvalue weighted by molar-refractivity contribution is -0.137. The van der Waals surface area contributed by atoms with Crippen LogP contribution in [-0.4, -0.2) is 24.7 Å². The van der Waals surface area contributed by atoms with Crippen LogP contribution < -0.4 is 0 Å². The minimum atomic E-state index is -4.07. The van der Waals surface area contributed by atoms with E-state index in [2.05, 4.69) is 0 Å². The summed E-state index contributed by atoms with van der Waals surface area (Å²) in [6.07, 6.45) is 0. The van der Waals surface area contributed by atoms with E-state index >= 15 is 0 Å². The molecule has 0 amide bonds. The second-order valence-corrected chi connectivity index (χ2v) is 6.67. The van der Waals surface area contributed by atoms with Crippen molar-refractivity contribution < 1.29 is 27.1 Å². The molecular weight excluding hydrogens is 278 g/mol. The van der Waals surface area contributed by atoms with Crippen molar-refractivity contribution in [3.8, 4) is 0 Å². The largest absolute Gasteiger partial charge is 0.480 e. The van der Waals surface area contributed by atoms with Crippen LogP contribution in [0.15, 0.2) is 18.2 Å². The van der Waals surface area contributed by atoms with Crippen LogP contribution in [0, 0.1) is 17.6 Å². The molecule has 1 N–H and O–H groups in total. The molecule has 0 fully saturated rings. The van der Waals surface area contributed by atoms with E-state index in [9.17, 15) is 22.0 Å². The van der Waals surface area contributed by atoms with Gasteiger partial charge in [-0.15, -0.1) is 0 Å². The standard InChI is InChI=1S/C12H14F2O4S/c1-7(2)11(12(15)16)19(17,18)6-8-3-4-9(13)5-10(8)14/h3-5,7,11H,6H2,1-2H3,(H,15,16). The molecule has 0 bridgehead atoms. The summed E-state index contributed by atoms with van der Waals surface area (Å²) in [4.78, 5) is 11.0. The molecule has 19 heavy (non-hydrogen) atoms. The zero-order valence-electron chi connectivity index (χ0n) is 10.4. The van der Waals surface area contributed by atoms with Crippen molar-refractivity contribution >= 4 is 15.8 Å². The minimum Gasteiger partial charge on any atom is -0.480 e. The Labute approximate surface area is 110 Å². The third kappa shape index (κ3) is 3.73. The van der Waals surface area contributed by atoms with Gasteiger partial charge in [0.15, 0.2) is 15.1 Å². The van der Waals surface area contributed by atoms with Crippen molar-refractivity contribution in [1.82, 2.24) is 0 Å². The van der Waals surface area contributed by atoms with Gasteiger partial charge in [-0.3, -0.25) is 4.79 Å². The number of hydrogen-bond acceptors (Lipinski definition) is 3. The van der Waals surface area contributed by atoms with E-state index < -0.39 is 44.4 Å². The van der Waals surface area contributed by atoms with Gasteiger partial charge in [0.1, 0.15) is 11.6 Å². The quantitative estimate of drug-likeness (QED) is 0.901. The molecule has 106 valence electrons. The molecule has 1 unspecified atom stereocenters. The Morgan fingerprint density at radius 2 is 1.89 bits per heavy atom. The highest BCUT2D eigenvalue weighted by Crippen LogP contribution is 2.20. The molecule has 0 saturated heterocycles. The van der Waals surface area contributed by atoms with Gasteiger partial charge in [0.05, 0.1) is 5.75 Å². The number of rotatable bonds is 5. The van der Waals surface area contributed by atoms with Crippen LogP contribution in [0.3, 0.4) is 0 Å². The van der Waals surface area contributed by atoms with Crippen LogP contribution in [0.25, 0.3) is 0 Å². The number of benzene rings is 1. The highest BCUT2D eigenvalue weighted by atomic mass is 32.2. The van der Waals surface area contributed by atoms with Crippen LogP contribution in [0.4, 0.5) is 8.78 Å². The summed E-state index contributed by atoms with van der Waals surface area (Å²) in [6.45, 7) is 2.91. The molecule has 7 heteroatoms. The Balaban J connectivity index is 3.11. The van der Waals surface area contributed by atoms with Gasteiger partial charge in [0.2, 0.25) is 0 Å². The molecule has 0 heterocycles. The molecule has 0 aliphatic heterocycles. The van der Waals surface area contributed by atoms with Crippen LogP contribution in [0.2, 0.25) is 0 Å². The third-order valence-electron chi connectivity index (χ3n) is 2.61. The first-order chi connectivity index (χ1) is 8.65. The molecule has 1 aromatic rings. The monoisotopic (exact) mass is 292 g/mol. The normalized spacial score (nSPS) is 13.5. The van der Waals surface area contributed by atoms with Crippen LogP contribution >= 0.6 is 0 Å². The highest BCUT2D eigenvalue weighted by Gasteiger charge is 2.35. The molecule has 1 atom stereocenters. The van der Waals surface area contributed by atoms with Gasteiger partial charge in [-0.1, -0.05) is 19.9 Å². The molecule has 1 rings (SSSR count). The minimum absolute atomic E-state index is 0.242. The Kier molecular flexibility index (Phi) is 4.62. The maximum absolute atomic E-state index is 13.4. The molecule has 4 nitrogen and oxygen atoms in total. The summed E-state index contributed by atoms with van der Waals surface area (Å²) in [5.41, 5.74) is -0.242. The van der Waals surface area contributed by atoms with Crippen LogP contribution in [0.1, 0.15) is 19.4 Å². The van der Waals surface area contributed by atoms with Gasteiger partial charge in [0, 0.05) is 11.6 Å². The summed E-state index contributed by atoms with van der Waals surface area (Å²) in [5, 5.41) is 7.32. The Hall–Kier alpha value is -1.50. The van der Waals surface area contributed by atoms with E-state index in [-0.39, 0.29) is 5.56 Å². The predicted molar refractivity (Wildman–Crippen MR) is 65.2 cm³/mol. The lowest BCUT2D eigenvalue weighted by Crippen LogP contribution is -2.35. The average Bonchev–Trinajstić information content (AvgIpc) is 2.20. The Bertz CT molecular complexity index is 581. The van der Waals surface area contributed by atoms with Crippen molar-refractivity contribution in [2.24, 2.45) is 5.92 Å². The van der Waals surface area contributed by atoms with E-state index in [1.807, 2.05) is 0 Å². The van der Waals surface area contributed by atoms with Gasteiger partial charge in [-0.05, 0) is 12.0 Å². The van der Waals surface area contributed by atoms with E-state index in [0.717, 1.165) is 12.1 Å². The zero-order valence-corrected chi connectivity index (χ0v) is 11.2. The number of halogens is 2. The molecule has 1 aromatic carbocycles. The second kappa shape index (κ2) is 5.64. The van der Waals surface area contributed by atoms with Gasteiger partial charge < -0.3 is 5.11 Å². The smallest absolute Gasteiger partial charge is 0.322 e. The molecule has 0 radical (unpaired) electrons. The van der Waals surface area contributed by atoms with Crippen molar-refractivity contribution in [3.05, 3.63) is 35.4 Å². The lowest BCUT2D eigenvalue weighted by atomic mass is 10.1. The van der Waals surface area contributed by atoms with Gasteiger partial charge in [-0.25, -0.2) is 17.2 Å². The molecule has 0 spiro atoms. The summed E-state index contributed by atoms with van der Waals surface area (Å²) in [5.74, 6) is -4.72. The molecule has 0 aromatic heterocycles. The number of carboxylic acids is 1. The second-order valence-electron chi connectivity index (χ2n) is 4.55. The molecule has 0 aliphatic carbocycles. The summed E-state index contributed by atoms with van der Waals surface area (Å²) in [7, 11) is -4.07. The van der Waals surface area contributed by atoms with E-state index in [0.29, 0.717) is 6.07 Å². The number of hydrogen-bond donors (Lipinski definition) is 1. The molecule has 0 aliphatic rings. The van der Waals surface area contributed by atoms with Gasteiger partial charge in [0.25, 0.3) is 0 Å². The zero-order chi connectivity index (χ0) is 14.8. The maximum Gasteiger partial charge on any atom is 0.322 e. The molecule has 0 saturated carbocycles. The van der Waals surface area contributed by atoms with Gasteiger partial charge in [-0.2, -0.15) is 0 Å². The first-order valence-electron chi connectivity index (χ1n) is 5.53. The fraction of sp³-hybridized carbons (Fsp3) is 0.417. The molecular formula is C12H14F2O4S. The third-order valence-corrected chi connectivity index (χ3v) is 4.84. The first kappa shape index (κ1) is 15.6. The topological polar surface area (TPSA) is 71.4 Å². The maximum atomic E-state index is 13.4. The summed E-state index contributed by atoms with van der Waals surface area (Å²) < 4.78 is 50.1. The summed E-state index contributed by atoms with van der Waals surface area (Å²) in [6, 6.07) is 2.50. The highest BCUT2D eigenvalue weighted by molar-refractivity contribution is 7.92. The fourth-order valence-corrected chi connectivity index (χ4v) is 3.78. The Morgan fingerprint density at radius 3 is 2.32 bits per heavy atom. The lowest BCUT2D eigenvalue weighted by Gasteiger charge is -2.17. The number of carboxylic acid groups (broad SMARTS) is 1. The first-order valence-corrected chi connectivity index (χ1v) is 7.25.